The Labute approximate surface area is 239 Å². The lowest BCUT2D eigenvalue weighted by molar-refractivity contribution is 0.156. The molecule has 0 amide bonds. The van der Waals surface area contributed by atoms with E-state index in [4.69, 9.17) is 0 Å². The maximum atomic E-state index is 15.3. The second-order valence-corrected chi connectivity index (χ2v) is 12.5. The average molecular weight is 547 g/mol. The van der Waals surface area contributed by atoms with Gasteiger partial charge in [0, 0.05) is 11.1 Å². The molecule has 5 rings (SSSR count). The number of aryl methyl sites for hydroxylation is 1. The lowest BCUT2D eigenvalue weighted by Crippen LogP contribution is -2.25. The van der Waals surface area contributed by atoms with Gasteiger partial charge in [0.2, 0.25) is 0 Å². The van der Waals surface area contributed by atoms with Gasteiger partial charge in [-0.15, -0.1) is 0 Å². The van der Waals surface area contributed by atoms with Crippen molar-refractivity contribution in [2.45, 2.75) is 103 Å². The summed E-state index contributed by atoms with van der Waals surface area (Å²) in [5.41, 5.74) is 3.66. The third kappa shape index (κ3) is 6.50. The van der Waals surface area contributed by atoms with Gasteiger partial charge in [-0.1, -0.05) is 94.5 Å². The molecule has 2 aliphatic rings. The first kappa shape index (κ1) is 29.0. The summed E-state index contributed by atoms with van der Waals surface area (Å²) < 4.78 is 44.7. The van der Waals surface area contributed by atoms with Crippen molar-refractivity contribution in [2.75, 3.05) is 0 Å². The highest BCUT2D eigenvalue weighted by Crippen LogP contribution is 2.45. The van der Waals surface area contributed by atoms with E-state index in [9.17, 15) is 8.78 Å². The second-order valence-electron chi connectivity index (χ2n) is 12.5. The van der Waals surface area contributed by atoms with Gasteiger partial charge in [-0.3, -0.25) is 0 Å². The molecule has 0 heterocycles. The van der Waals surface area contributed by atoms with Crippen molar-refractivity contribution in [1.29, 1.82) is 0 Å². The number of benzene rings is 3. The third-order valence-electron chi connectivity index (χ3n) is 9.96. The van der Waals surface area contributed by atoms with E-state index in [1.807, 2.05) is 13.0 Å². The minimum Gasteiger partial charge on any atom is -0.206 e. The molecule has 3 heteroatoms. The Morgan fingerprint density at radius 1 is 0.625 bits per heavy atom. The van der Waals surface area contributed by atoms with Crippen LogP contribution in [0.1, 0.15) is 108 Å². The van der Waals surface area contributed by atoms with Gasteiger partial charge in [0.05, 0.1) is 0 Å². The van der Waals surface area contributed by atoms with Crippen molar-refractivity contribution in [2.24, 2.45) is 17.8 Å². The van der Waals surface area contributed by atoms with Crippen LogP contribution in [0.5, 0.6) is 0 Å². The van der Waals surface area contributed by atoms with Gasteiger partial charge < -0.3 is 0 Å². The SMILES string of the molecule is CCCCc1ccc(-c2ccc(-c3ccc(C4CCC(C5CCC(CCC)CC5)CC4)cc3F)cc2)c(F)c1F. The number of hydrogen-bond donors (Lipinski definition) is 0. The van der Waals surface area contributed by atoms with Crippen molar-refractivity contribution in [3.05, 3.63) is 83.2 Å². The minimum atomic E-state index is -0.809. The van der Waals surface area contributed by atoms with Crippen LogP contribution in [0, 0.1) is 35.2 Å². The lowest BCUT2D eigenvalue weighted by atomic mass is 9.68. The van der Waals surface area contributed by atoms with Gasteiger partial charge in [0.1, 0.15) is 5.82 Å². The molecule has 214 valence electrons. The van der Waals surface area contributed by atoms with Crippen LogP contribution in [0.15, 0.2) is 54.6 Å². The van der Waals surface area contributed by atoms with Crippen LogP contribution in [0.2, 0.25) is 0 Å². The molecule has 0 unspecified atom stereocenters. The Morgan fingerprint density at radius 2 is 1.23 bits per heavy atom. The summed E-state index contributed by atoms with van der Waals surface area (Å²) in [6, 6.07) is 16.2. The van der Waals surface area contributed by atoms with E-state index in [2.05, 4.69) is 13.0 Å². The number of unbranched alkanes of at least 4 members (excludes halogenated alkanes) is 1. The predicted octanol–water partition coefficient (Wildman–Crippen LogP) is 11.7. The largest absolute Gasteiger partial charge is 0.206 e. The normalized spacial score (nSPS) is 23.3. The second kappa shape index (κ2) is 13.4. The van der Waals surface area contributed by atoms with Gasteiger partial charge in [-0.2, -0.15) is 0 Å². The maximum absolute atomic E-state index is 15.3. The van der Waals surface area contributed by atoms with E-state index in [0.29, 0.717) is 29.0 Å². The Kier molecular flexibility index (Phi) is 9.71. The van der Waals surface area contributed by atoms with Crippen molar-refractivity contribution in [1.82, 2.24) is 0 Å². The molecule has 0 spiro atoms. The molecule has 0 radical (unpaired) electrons. The number of rotatable bonds is 9. The highest BCUT2D eigenvalue weighted by Gasteiger charge is 2.31. The van der Waals surface area contributed by atoms with E-state index >= 15 is 4.39 Å². The van der Waals surface area contributed by atoms with Crippen LogP contribution in [0.3, 0.4) is 0 Å². The predicted molar refractivity (Wildman–Crippen MR) is 161 cm³/mol. The zero-order valence-corrected chi connectivity index (χ0v) is 24.3. The van der Waals surface area contributed by atoms with Crippen LogP contribution >= 0.6 is 0 Å². The molecule has 2 aliphatic carbocycles. The summed E-state index contributed by atoms with van der Waals surface area (Å²) in [6.07, 6.45) is 15.5. The van der Waals surface area contributed by atoms with Crippen LogP contribution in [0.25, 0.3) is 22.3 Å². The Hall–Kier alpha value is -2.55. The summed E-state index contributed by atoms with van der Waals surface area (Å²) in [5, 5.41) is 0. The fourth-order valence-corrected chi connectivity index (χ4v) is 7.50. The van der Waals surface area contributed by atoms with E-state index < -0.39 is 11.6 Å². The van der Waals surface area contributed by atoms with Gasteiger partial charge in [-0.05, 0) is 103 Å². The first-order valence-electron chi connectivity index (χ1n) is 15.9. The quantitative estimate of drug-likeness (QED) is 0.250. The Bertz CT molecular complexity index is 1250. The molecule has 0 saturated heterocycles. The Morgan fingerprint density at radius 3 is 1.82 bits per heavy atom. The fourth-order valence-electron chi connectivity index (χ4n) is 7.50. The molecule has 0 bridgehead atoms. The van der Waals surface area contributed by atoms with Crippen molar-refractivity contribution in [3.63, 3.8) is 0 Å². The molecule has 0 aliphatic heterocycles. The first-order valence-corrected chi connectivity index (χ1v) is 15.9. The molecule has 2 saturated carbocycles. The lowest BCUT2D eigenvalue weighted by Gasteiger charge is -2.38. The molecule has 0 nitrogen and oxygen atoms in total. The summed E-state index contributed by atoms with van der Waals surface area (Å²) in [6.45, 7) is 4.34. The topological polar surface area (TPSA) is 0 Å². The highest BCUT2D eigenvalue weighted by molar-refractivity contribution is 5.71. The van der Waals surface area contributed by atoms with Crippen LogP contribution in [0.4, 0.5) is 13.2 Å². The van der Waals surface area contributed by atoms with Gasteiger partial charge in [0.15, 0.2) is 11.6 Å². The van der Waals surface area contributed by atoms with Crippen LogP contribution in [-0.4, -0.2) is 0 Å². The zero-order chi connectivity index (χ0) is 28.1. The first-order chi connectivity index (χ1) is 19.5. The van der Waals surface area contributed by atoms with Crippen molar-refractivity contribution in [3.8, 4) is 22.3 Å². The van der Waals surface area contributed by atoms with E-state index in [1.54, 1.807) is 42.5 Å². The van der Waals surface area contributed by atoms with Crippen LogP contribution < -0.4 is 0 Å². The number of halogens is 3. The van der Waals surface area contributed by atoms with Crippen LogP contribution in [-0.2, 0) is 6.42 Å². The molecular formula is C37H45F3. The molecule has 3 aromatic rings. The molecule has 0 aromatic heterocycles. The zero-order valence-electron chi connectivity index (χ0n) is 24.3. The van der Waals surface area contributed by atoms with E-state index in [-0.39, 0.29) is 11.4 Å². The Balaban J connectivity index is 1.21. The monoisotopic (exact) mass is 546 g/mol. The smallest absolute Gasteiger partial charge is 0.166 e. The highest BCUT2D eigenvalue weighted by atomic mass is 19.2. The fraction of sp³-hybridized carbons (Fsp3) is 0.514. The third-order valence-corrected chi connectivity index (χ3v) is 9.96. The number of hydrogen-bond acceptors (Lipinski definition) is 0. The van der Waals surface area contributed by atoms with Gasteiger partial charge in [0.25, 0.3) is 0 Å². The minimum absolute atomic E-state index is 0.209. The molecule has 2 fully saturated rings. The summed E-state index contributed by atoms with van der Waals surface area (Å²) in [5.74, 6) is 1.38. The summed E-state index contributed by atoms with van der Waals surface area (Å²) >= 11 is 0. The molecule has 0 N–H and O–H groups in total. The van der Waals surface area contributed by atoms with E-state index in [1.165, 1.54) is 51.4 Å². The van der Waals surface area contributed by atoms with Crippen molar-refractivity contribution >= 4 is 0 Å². The van der Waals surface area contributed by atoms with Crippen molar-refractivity contribution < 1.29 is 13.2 Å². The maximum Gasteiger partial charge on any atom is 0.166 e. The van der Waals surface area contributed by atoms with Gasteiger partial charge >= 0.3 is 0 Å². The molecular weight excluding hydrogens is 501 g/mol. The standard InChI is InChI=1S/C37H45F3/c1-3-5-7-31-20-23-34(37(40)36(31)39)30-18-16-29(17-19-30)33-22-21-32(24-35(33)38)28-14-12-27(13-15-28)26-10-8-25(6-4-2)9-11-26/h16-28H,3-15H2,1-2H3. The van der Waals surface area contributed by atoms with Gasteiger partial charge in [-0.25, -0.2) is 13.2 Å². The summed E-state index contributed by atoms with van der Waals surface area (Å²) in [4.78, 5) is 0. The van der Waals surface area contributed by atoms with E-state index in [0.717, 1.165) is 54.6 Å². The molecule has 0 atom stereocenters. The average Bonchev–Trinajstić information content (AvgIpc) is 2.99. The molecule has 40 heavy (non-hydrogen) atoms. The molecule has 3 aromatic carbocycles. The summed E-state index contributed by atoms with van der Waals surface area (Å²) in [7, 11) is 0.